The lowest BCUT2D eigenvalue weighted by Crippen LogP contribution is -2.50. The molecule has 4 heteroatoms. The number of amides is 1. The molecule has 4 nitrogen and oxygen atoms in total. The van der Waals surface area contributed by atoms with E-state index in [1.807, 2.05) is 4.90 Å². The smallest absolute Gasteiger partial charge is 0.248 e. The van der Waals surface area contributed by atoms with Crippen LogP contribution < -0.4 is 0 Å². The van der Waals surface area contributed by atoms with E-state index in [-0.39, 0.29) is 12.5 Å². The minimum Gasteiger partial charge on any atom is -0.382 e. The van der Waals surface area contributed by atoms with Crippen molar-refractivity contribution >= 4 is 5.91 Å². The summed E-state index contributed by atoms with van der Waals surface area (Å²) in [5.74, 6) is 1.26. The van der Waals surface area contributed by atoms with Crippen molar-refractivity contribution in [3.05, 3.63) is 0 Å². The molecule has 1 saturated heterocycles. The highest BCUT2D eigenvalue weighted by Crippen LogP contribution is 2.26. The SMILES string of the molecule is COCCOCC(=O)N1CC(C)CC(C)C1C. The molecule has 3 unspecified atom stereocenters. The first-order chi connectivity index (χ1) is 8.06. The predicted molar refractivity (Wildman–Crippen MR) is 66.8 cm³/mol. The van der Waals surface area contributed by atoms with Gasteiger partial charge in [-0.15, -0.1) is 0 Å². The molecule has 0 bridgehead atoms. The normalized spacial score (nSPS) is 29.4. The largest absolute Gasteiger partial charge is 0.382 e. The molecule has 0 spiro atoms. The minimum absolute atomic E-state index is 0.104. The summed E-state index contributed by atoms with van der Waals surface area (Å²) in [5, 5.41) is 0. The van der Waals surface area contributed by atoms with Crippen LogP contribution in [0.2, 0.25) is 0 Å². The van der Waals surface area contributed by atoms with Gasteiger partial charge in [0.2, 0.25) is 5.91 Å². The van der Waals surface area contributed by atoms with Crippen molar-refractivity contribution in [2.24, 2.45) is 11.8 Å². The third-order valence-corrected chi connectivity index (χ3v) is 3.58. The van der Waals surface area contributed by atoms with Crippen molar-refractivity contribution in [3.8, 4) is 0 Å². The average Bonchev–Trinajstić information content (AvgIpc) is 2.29. The van der Waals surface area contributed by atoms with Crippen LogP contribution in [-0.4, -0.2) is 50.3 Å². The highest BCUT2D eigenvalue weighted by atomic mass is 16.5. The fraction of sp³-hybridized carbons (Fsp3) is 0.923. The van der Waals surface area contributed by atoms with Crippen LogP contribution in [0.15, 0.2) is 0 Å². The topological polar surface area (TPSA) is 38.8 Å². The van der Waals surface area contributed by atoms with E-state index >= 15 is 0 Å². The van der Waals surface area contributed by atoms with Gasteiger partial charge in [-0.05, 0) is 25.2 Å². The van der Waals surface area contributed by atoms with E-state index in [9.17, 15) is 4.79 Å². The minimum atomic E-state index is 0.104. The summed E-state index contributed by atoms with van der Waals surface area (Å²) in [6.45, 7) is 8.60. The molecule has 0 aromatic carbocycles. The standard InChI is InChI=1S/C13H25NO3/c1-10-7-11(2)12(3)14(8-10)13(15)9-17-6-5-16-4/h10-12H,5-9H2,1-4H3. The molecule has 1 fully saturated rings. The van der Waals surface area contributed by atoms with Crippen molar-refractivity contribution in [2.45, 2.75) is 33.2 Å². The van der Waals surface area contributed by atoms with Crippen molar-refractivity contribution in [3.63, 3.8) is 0 Å². The van der Waals surface area contributed by atoms with Gasteiger partial charge in [0, 0.05) is 19.7 Å². The van der Waals surface area contributed by atoms with Crippen LogP contribution in [0.3, 0.4) is 0 Å². The summed E-state index contributed by atoms with van der Waals surface area (Å²) in [6.07, 6.45) is 1.20. The highest BCUT2D eigenvalue weighted by Gasteiger charge is 2.31. The first kappa shape index (κ1) is 14.5. The number of methoxy groups -OCH3 is 1. The van der Waals surface area contributed by atoms with E-state index in [0.717, 1.165) is 6.54 Å². The number of carbonyl (C=O) groups excluding carboxylic acids is 1. The number of hydrogen-bond acceptors (Lipinski definition) is 3. The Morgan fingerprint density at radius 3 is 2.65 bits per heavy atom. The first-order valence-corrected chi connectivity index (χ1v) is 6.42. The maximum Gasteiger partial charge on any atom is 0.248 e. The Morgan fingerprint density at radius 1 is 1.29 bits per heavy atom. The molecular weight excluding hydrogens is 218 g/mol. The molecule has 1 aliphatic rings. The number of piperidine rings is 1. The first-order valence-electron chi connectivity index (χ1n) is 6.42. The Hall–Kier alpha value is -0.610. The number of likely N-dealkylation sites (tertiary alicyclic amines) is 1. The van der Waals surface area contributed by atoms with Gasteiger partial charge >= 0.3 is 0 Å². The van der Waals surface area contributed by atoms with Gasteiger partial charge in [0.1, 0.15) is 6.61 Å². The van der Waals surface area contributed by atoms with E-state index in [4.69, 9.17) is 9.47 Å². The summed E-state index contributed by atoms with van der Waals surface area (Å²) >= 11 is 0. The van der Waals surface area contributed by atoms with Gasteiger partial charge in [0.15, 0.2) is 0 Å². The van der Waals surface area contributed by atoms with E-state index in [2.05, 4.69) is 20.8 Å². The van der Waals surface area contributed by atoms with Crippen molar-refractivity contribution in [1.82, 2.24) is 4.90 Å². The monoisotopic (exact) mass is 243 g/mol. The molecule has 17 heavy (non-hydrogen) atoms. The molecule has 0 aliphatic carbocycles. The number of nitrogens with zero attached hydrogens (tertiary/aromatic N) is 1. The number of ether oxygens (including phenoxy) is 2. The van der Waals surface area contributed by atoms with Crippen LogP contribution in [0.4, 0.5) is 0 Å². The molecule has 0 saturated carbocycles. The van der Waals surface area contributed by atoms with Crippen LogP contribution >= 0.6 is 0 Å². The zero-order valence-electron chi connectivity index (χ0n) is 11.4. The van der Waals surface area contributed by atoms with Gasteiger partial charge in [-0.25, -0.2) is 0 Å². The van der Waals surface area contributed by atoms with Crippen LogP contribution in [-0.2, 0) is 14.3 Å². The van der Waals surface area contributed by atoms with Crippen molar-refractivity contribution in [1.29, 1.82) is 0 Å². The second-order valence-corrected chi connectivity index (χ2v) is 5.15. The third-order valence-electron chi connectivity index (χ3n) is 3.58. The summed E-state index contributed by atoms with van der Waals surface area (Å²) in [6, 6.07) is 0.324. The maximum atomic E-state index is 12.0. The zero-order valence-corrected chi connectivity index (χ0v) is 11.4. The predicted octanol–water partition coefficient (Wildman–Crippen LogP) is 1.54. The van der Waals surface area contributed by atoms with E-state index in [1.165, 1.54) is 6.42 Å². The molecule has 1 amide bonds. The van der Waals surface area contributed by atoms with Crippen LogP contribution in [0, 0.1) is 11.8 Å². The van der Waals surface area contributed by atoms with E-state index in [0.29, 0.717) is 31.1 Å². The van der Waals surface area contributed by atoms with Crippen molar-refractivity contribution in [2.75, 3.05) is 33.5 Å². The van der Waals surface area contributed by atoms with Crippen LogP contribution in [0.1, 0.15) is 27.2 Å². The van der Waals surface area contributed by atoms with Gasteiger partial charge in [-0.1, -0.05) is 13.8 Å². The molecule has 1 heterocycles. The lowest BCUT2D eigenvalue weighted by atomic mass is 9.86. The van der Waals surface area contributed by atoms with Gasteiger partial charge in [0.05, 0.1) is 13.2 Å². The number of rotatable bonds is 5. The highest BCUT2D eigenvalue weighted by molar-refractivity contribution is 5.77. The Morgan fingerprint density at radius 2 is 2.00 bits per heavy atom. The van der Waals surface area contributed by atoms with Crippen molar-refractivity contribution < 1.29 is 14.3 Å². The lowest BCUT2D eigenvalue weighted by molar-refractivity contribution is -0.142. The summed E-state index contributed by atoms with van der Waals surface area (Å²) in [5.41, 5.74) is 0. The van der Waals surface area contributed by atoms with Gasteiger partial charge in [-0.3, -0.25) is 4.79 Å². The number of carbonyl (C=O) groups is 1. The Balaban J connectivity index is 2.38. The molecule has 0 aromatic rings. The van der Waals surface area contributed by atoms with E-state index in [1.54, 1.807) is 7.11 Å². The Kier molecular flexibility index (Phi) is 5.92. The molecule has 100 valence electrons. The lowest BCUT2D eigenvalue weighted by Gasteiger charge is -2.41. The molecule has 0 aromatic heterocycles. The average molecular weight is 243 g/mol. The van der Waals surface area contributed by atoms with Crippen LogP contribution in [0.25, 0.3) is 0 Å². The fourth-order valence-corrected chi connectivity index (χ4v) is 2.43. The molecule has 1 aliphatic heterocycles. The second-order valence-electron chi connectivity index (χ2n) is 5.15. The molecule has 3 atom stereocenters. The molecule has 1 rings (SSSR count). The molecular formula is C13H25NO3. The maximum absolute atomic E-state index is 12.0. The van der Waals surface area contributed by atoms with E-state index < -0.39 is 0 Å². The Labute approximate surface area is 104 Å². The van der Waals surface area contributed by atoms with Gasteiger partial charge < -0.3 is 14.4 Å². The molecule has 0 N–H and O–H groups in total. The summed E-state index contributed by atoms with van der Waals surface area (Å²) in [4.78, 5) is 14.0. The van der Waals surface area contributed by atoms with Gasteiger partial charge in [-0.2, -0.15) is 0 Å². The third kappa shape index (κ3) is 4.28. The number of hydrogen-bond donors (Lipinski definition) is 0. The fourth-order valence-electron chi connectivity index (χ4n) is 2.43. The van der Waals surface area contributed by atoms with Crippen LogP contribution in [0.5, 0.6) is 0 Å². The Bertz CT molecular complexity index is 245. The molecule has 0 radical (unpaired) electrons. The second kappa shape index (κ2) is 6.97. The zero-order chi connectivity index (χ0) is 12.8. The summed E-state index contributed by atoms with van der Waals surface area (Å²) < 4.78 is 10.2. The van der Waals surface area contributed by atoms with Gasteiger partial charge in [0.25, 0.3) is 0 Å². The summed E-state index contributed by atoms with van der Waals surface area (Å²) in [7, 11) is 1.63. The quantitative estimate of drug-likeness (QED) is 0.688.